The van der Waals surface area contributed by atoms with E-state index in [9.17, 15) is 34.2 Å². The highest BCUT2D eigenvalue weighted by Crippen LogP contribution is 2.08. The number of nitrogens with zero attached hydrogens (tertiary/aromatic N) is 1. The van der Waals surface area contributed by atoms with E-state index in [0.717, 1.165) is 0 Å². The number of hydrogen-bond acceptors (Lipinski definition) is 8. The number of primary amides is 1. The van der Waals surface area contributed by atoms with Gasteiger partial charge in [0, 0.05) is 6.54 Å². The fourth-order valence-electron chi connectivity index (χ4n) is 2.98. The van der Waals surface area contributed by atoms with Crippen molar-refractivity contribution in [3.63, 3.8) is 0 Å². The minimum absolute atomic E-state index is 0.0179. The summed E-state index contributed by atoms with van der Waals surface area (Å²) in [5, 5.41) is 26.0. The average molecular weight is 503 g/mol. The Kier molecular flexibility index (Phi) is 13.9. The Morgan fingerprint density at radius 2 is 1.43 bits per heavy atom. The van der Waals surface area contributed by atoms with Gasteiger partial charge in [0.25, 0.3) is 0 Å². The van der Waals surface area contributed by atoms with Gasteiger partial charge in [-0.05, 0) is 32.1 Å². The Morgan fingerprint density at radius 3 is 1.89 bits per heavy atom. The van der Waals surface area contributed by atoms with Crippen molar-refractivity contribution in [2.75, 3.05) is 6.54 Å². The van der Waals surface area contributed by atoms with E-state index in [-0.39, 0.29) is 37.7 Å². The number of carbonyl (C=O) groups is 5. The summed E-state index contributed by atoms with van der Waals surface area (Å²) in [5.41, 5.74) is 21.2. The summed E-state index contributed by atoms with van der Waals surface area (Å²) >= 11 is 0. The van der Waals surface area contributed by atoms with Crippen molar-refractivity contribution in [3.05, 3.63) is 0 Å². The number of rotatable bonds is 16. The molecule has 35 heavy (non-hydrogen) atoms. The van der Waals surface area contributed by atoms with Crippen molar-refractivity contribution in [1.29, 1.82) is 0 Å². The van der Waals surface area contributed by atoms with Crippen molar-refractivity contribution >= 4 is 35.6 Å². The first kappa shape index (κ1) is 31.5. The SMILES string of the molecule is CC(C)CC(NC(=O)C(N)CC(N)=O)C(=O)NC(CCCN=C(N)N)C(=O)NC(C(=O)O)C(C)O. The van der Waals surface area contributed by atoms with Crippen molar-refractivity contribution in [1.82, 2.24) is 16.0 Å². The molecule has 0 aromatic heterocycles. The molecule has 0 fully saturated rings. The molecule has 15 nitrogen and oxygen atoms in total. The predicted octanol–water partition coefficient (Wildman–Crippen LogP) is -3.79. The zero-order valence-electron chi connectivity index (χ0n) is 20.2. The van der Waals surface area contributed by atoms with E-state index < -0.39 is 66.3 Å². The van der Waals surface area contributed by atoms with Crippen LogP contribution in [0.4, 0.5) is 0 Å². The lowest BCUT2D eigenvalue weighted by Crippen LogP contribution is -2.58. The van der Waals surface area contributed by atoms with E-state index in [1.807, 2.05) is 0 Å². The van der Waals surface area contributed by atoms with Crippen LogP contribution in [0.3, 0.4) is 0 Å². The topological polar surface area (TPSA) is 278 Å². The number of carboxylic acid groups (broad SMARTS) is 1. The zero-order chi connectivity index (χ0) is 27.3. The molecule has 0 rings (SSSR count). The second kappa shape index (κ2) is 15.4. The molecule has 4 amide bonds. The zero-order valence-corrected chi connectivity index (χ0v) is 20.2. The molecule has 0 saturated carbocycles. The van der Waals surface area contributed by atoms with Crippen LogP contribution in [0.15, 0.2) is 4.99 Å². The van der Waals surface area contributed by atoms with E-state index >= 15 is 0 Å². The molecule has 15 heteroatoms. The summed E-state index contributed by atoms with van der Waals surface area (Å²) in [4.78, 5) is 64.3. The molecule has 0 saturated heterocycles. The van der Waals surface area contributed by atoms with Gasteiger partial charge in [0.15, 0.2) is 12.0 Å². The number of nitrogens with two attached hydrogens (primary N) is 4. The Hall–Kier alpha value is -3.46. The second-order valence-corrected chi connectivity index (χ2v) is 8.54. The molecule has 0 bridgehead atoms. The summed E-state index contributed by atoms with van der Waals surface area (Å²) in [7, 11) is 0. The standard InChI is InChI=1S/C20H38N8O7/c1-9(2)7-13(27-16(31)11(21)8-14(22)30)18(33)26-12(5-4-6-25-20(23)24)17(32)28-15(10(3)29)19(34)35/h9-13,15,29H,4-8,21H2,1-3H3,(H2,22,30)(H,26,33)(H,27,31)(H,28,32)(H,34,35)(H4,23,24,25). The molecule has 5 atom stereocenters. The van der Waals surface area contributed by atoms with Gasteiger partial charge < -0.3 is 49.1 Å². The van der Waals surface area contributed by atoms with Crippen LogP contribution in [-0.4, -0.2) is 82.6 Å². The van der Waals surface area contributed by atoms with E-state index in [1.165, 1.54) is 6.92 Å². The quantitative estimate of drug-likeness (QED) is 0.0563. The third kappa shape index (κ3) is 13.1. The minimum Gasteiger partial charge on any atom is -0.480 e. The third-order valence-corrected chi connectivity index (χ3v) is 4.72. The van der Waals surface area contributed by atoms with Crippen molar-refractivity contribution in [3.8, 4) is 0 Å². The highest BCUT2D eigenvalue weighted by Gasteiger charge is 2.32. The lowest BCUT2D eigenvalue weighted by molar-refractivity contribution is -0.145. The maximum absolute atomic E-state index is 13.0. The number of aliphatic hydroxyl groups is 1. The fourth-order valence-corrected chi connectivity index (χ4v) is 2.98. The molecule has 200 valence electrons. The Balaban J connectivity index is 5.63. The predicted molar refractivity (Wildman–Crippen MR) is 126 cm³/mol. The second-order valence-electron chi connectivity index (χ2n) is 8.54. The van der Waals surface area contributed by atoms with Gasteiger partial charge in [-0.3, -0.25) is 24.2 Å². The van der Waals surface area contributed by atoms with Gasteiger partial charge in [0.05, 0.1) is 18.6 Å². The Morgan fingerprint density at radius 1 is 0.886 bits per heavy atom. The highest BCUT2D eigenvalue weighted by molar-refractivity contribution is 5.95. The van der Waals surface area contributed by atoms with Gasteiger partial charge >= 0.3 is 5.97 Å². The number of carbonyl (C=O) groups excluding carboxylic acids is 4. The Bertz CT molecular complexity index is 783. The molecular formula is C20H38N8O7. The monoisotopic (exact) mass is 502 g/mol. The van der Waals surface area contributed by atoms with Crippen LogP contribution < -0.4 is 38.9 Å². The Labute approximate surface area is 203 Å². The smallest absolute Gasteiger partial charge is 0.328 e. The molecule has 0 spiro atoms. The molecule has 0 aliphatic carbocycles. The summed E-state index contributed by atoms with van der Waals surface area (Å²) in [6, 6.07) is -5.22. The van der Waals surface area contributed by atoms with Gasteiger partial charge in [0.2, 0.25) is 23.6 Å². The van der Waals surface area contributed by atoms with Gasteiger partial charge in [-0.1, -0.05) is 13.8 Å². The highest BCUT2D eigenvalue weighted by atomic mass is 16.4. The van der Waals surface area contributed by atoms with Crippen LogP contribution >= 0.6 is 0 Å². The number of hydrogen-bond donors (Lipinski definition) is 9. The number of carboxylic acids is 1. The fraction of sp³-hybridized carbons (Fsp3) is 0.700. The van der Waals surface area contributed by atoms with Gasteiger partial charge in [-0.25, -0.2) is 4.79 Å². The van der Waals surface area contributed by atoms with E-state index in [2.05, 4.69) is 20.9 Å². The maximum Gasteiger partial charge on any atom is 0.328 e. The maximum atomic E-state index is 13.0. The van der Waals surface area contributed by atoms with E-state index in [0.29, 0.717) is 0 Å². The van der Waals surface area contributed by atoms with Gasteiger partial charge in [0.1, 0.15) is 12.1 Å². The van der Waals surface area contributed by atoms with Crippen LogP contribution in [0.25, 0.3) is 0 Å². The number of nitrogens with one attached hydrogen (secondary N) is 3. The van der Waals surface area contributed by atoms with Crippen LogP contribution in [0, 0.1) is 5.92 Å². The summed E-state index contributed by atoms with van der Waals surface area (Å²) in [5.74, 6) is -4.85. The van der Waals surface area contributed by atoms with E-state index in [1.54, 1.807) is 13.8 Å². The first-order valence-corrected chi connectivity index (χ1v) is 11.1. The summed E-state index contributed by atoms with van der Waals surface area (Å²) in [6.07, 6.45) is -1.39. The number of aliphatic imine (C=N–C) groups is 1. The van der Waals surface area contributed by atoms with Crippen molar-refractivity contribution in [2.45, 2.75) is 76.7 Å². The molecule has 13 N–H and O–H groups in total. The van der Waals surface area contributed by atoms with Gasteiger partial charge in [-0.2, -0.15) is 0 Å². The minimum atomic E-state index is -1.61. The number of aliphatic hydroxyl groups excluding tert-OH is 1. The molecule has 0 aromatic carbocycles. The van der Waals surface area contributed by atoms with Crippen LogP contribution in [0.1, 0.15) is 46.5 Å². The summed E-state index contributed by atoms with van der Waals surface area (Å²) < 4.78 is 0. The van der Waals surface area contributed by atoms with Crippen LogP contribution in [-0.2, 0) is 24.0 Å². The molecule has 5 unspecified atom stereocenters. The first-order chi connectivity index (χ1) is 16.1. The third-order valence-electron chi connectivity index (χ3n) is 4.72. The van der Waals surface area contributed by atoms with Crippen molar-refractivity contribution in [2.24, 2.45) is 33.8 Å². The van der Waals surface area contributed by atoms with E-state index in [4.69, 9.17) is 22.9 Å². The van der Waals surface area contributed by atoms with Crippen LogP contribution in [0.2, 0.25) is 0 Å². The molecule has 0 aliphatic heterocycles. The normalized spacial score (nSPS) is 15.1. The number of guanidine groups is 1. The largest absolute Gasteiger partial charge is 0.480 e. The number of aliphatic carboxylic acids is 1. The lowest BCUT2D eigenvalue weighted by Gasteiger charge is -2.26. The van der Waals surface area contributed by atoms with Crippen LogP contribution in [0.5, 0.6) is 0 Å². The molecule has 0 aliphatic rings. The average Bonchev–Trinajstić information content (AvgIpc) is 2.71. The summed E-state index contributed by atoms with van der Waals surface area (Å²) in [6.45, 7) is 4.92. The lowest BCUT2D eigenvalue weighted by atomic mass is 10.0. The van der Waals surface area contributed by atoms with Crippen molar-refractivity contribution < 1.29 is 34.2 Å². The van der Waals surface area contributed by atoms with Gasteiger partial charge in [-0.15, -0.1) is 0 Å². The molecule has 0 heterocycles. The number of amides is 4. The first-order valence-electron chi connectivity index (χ1n) is 11.1. The molecule has 0 radical (unpaired) electrons. The molecular weight excluding hydrogens is 464 g/mol. The molecule has 0 aromatic rings.